The Hall–Kier alpha value is -3.65. The molecule has 0 unspecified atom stereocenters. The Morgan fingerprint density at radius 3 is 2.60 bits per heavy atom. The largest absolute Gasteiger partial charge is 0.334 e. The number of hydrogen-bond donors (Lipinski definition) is 0. The molecule has 2 aromatic carbocycles. The van der Waals surface area contributed by atoms with E-state index in [1.54, 1.807) is 12.1 Å². The van der Waals surface area contributed by atoms with Crippen molar-refractivity contribution in [3.8, 4) is 22.6 Å². The Labute approximate surface area is 174 Å². The molecule has 0 saturated heterocycles. The standard InChI is InChI=1S/C22H15FN4O2S/c1-13-18(14-5-3-2-4-6-14)19-21(30-13)24-12-27(22(19)28)11-17-25-20(29-26-17)15-7-9-16(23)10-8-15/h2-10,12H,11H2,1H3. The van der Waals surface area contributed by atoms with Crippen LogP contribution in [-0.2, 0) is 6.54 Å². The number of halogens is 1. The van der Waals surface area contributed by atoms with Crippen LogP contribution in [0.15, 0.2) is 70.2 Å². The first-order valence-corrected chi connectivity index (χ1v) is 10.0. The lowest BCUT2D eigenvalue weighted by molar-refractivity contribution is 0.420. The molecule has 0 spiro atoms. The first-order valence-electron chi connectivity index (χ1n) is 9.22. The second-order valence-corrected chi connectivity index (χ2v) is 7.98. The van der Waals surface area contributed by atoms with Crippen LogP contribution in [0.1, 0.15) is 10.7 Å². The summed E-state index contributed by atoms with van der Waals surface area (Å²) in [4.78, 5) is 23.8. The SMILES string of the molecule is Cc1sc2ncn(Cc3noc(-c4ccc(F)cc4)n3)c(=O)c2c1-c1ccccc1. The summed E-state index contributed by atoms with van der Waals surface area (Å²) in [7, 11) is 0. The molecule has 30 heavy (non-hydrogen) atoms. The molecule has 0 fully saturated rings. The Bertz CT molecular complexity index is 1410. The molecule has 0 saturated carbocycles. The van der Waals surface area contributed by atoms with E-state index in [2.05, 4.69) is 15.1 Å². The van der Waals surface area contributed by atoms with Gasteiger partial charge in [0.05, 0.1) is 18.3 Å². The molecule has 0 aliphatic heterocycles. The van der Waals surface area contributed by atoms with Gasteiger partial charge in [-0.05, 0) is 36.8 Å². The number of aryl methyl sites for hydroxylation is 1. The van der Waals surface area contributed by atoms with Crippen LogP contribution in [0.3, 0.4) is 0 Å². The molecule has 0 bridgehead atoms. The highest BCUT2D eigenvalue weighted by atomic mass is 32.1. The van der Waals surface area contributed by atoms with E-state index in [-0.39, 0.29) is 23.8 Å². The lowest BCUT2D eigenvalue weighted by atomic mass is 10.0. The van der Waals surface area contributed by atoms with Gasteiger partial charge in [-0.2, -0.15) is 4.98 Å². The highest BCUT2D eigenvalue weighted by Gasteiger charge is 2.18. The van der Waals surface area contributed by atoms with Gasteiger partial charge in [0.1, 0.15) is 10.6 Å². The number of aromatic nitrogens is 4. The van der Waals surface area contributed by atoms with Crippen LogP contribution in [0.2, 0.25) is 0 Å². The van der Waals surface area contributed by atoms with Gasteiger partial charge in [-0.25, -0.2) is 9.37 Å². The van der Waals surface area contributed by atoms with Gasteiger partial charge in [0.25, 0.3) is 11.4 Å². The maximum Gasteiger partial charge on any atom is 0.263 e. The highest BCUT2D eigenvalue weighted by molar-refractivity contribution is 7.19. The Kier molecular flexibility index (Phi) is 4.48. The zero-order valence-electron chi connectivity index (χ0n) is 15.9. The minimum atomic E-state index is -0.343. The van der Waals surface area contributed by atoms with Gasteiger partial charge in [0.15, 0.2) is 5.82 Å². The van der Waals surface area contributed by atoms with Gasteiger partial charge >= 0.3 is 0 Å². The molecule has 8 heteroatoms. The van der Waals surface area contributed by atoms with Crippen LogP contribution in [0.5, 0.6) is 0 Å². The number of nitrogens with zero attached hydrogens (tertiary/aromatic N) is 4. The molecule has 0 aliphatic rings. The van der Waals surface area contributed by atoms with Gasteiger partial charge < -0.3 is 4.52 Å². The highest BCUT2D eigenvalue weighted by Crippen LogP contribution is 2.35. The Morgan fingerprint density at radius 2 is 1.83 bits per heavy atom. The van der Waals surface area contributed by atoms with Crippen LogP contribution in [-0.4, -0.2) is 19.7 Å². The number of hydrogen-bond acceptors (Lipinski definition) is 6. The second kappa shape index (κ2) is 7.31. The average molecular weight is 418 g/mol. The van der Waals surface area contributed by atoms with Gasteiger partial charge in [-0.15, -0.1) is 11.3 Å². The van der Waals surface area contributed by atoms with Crippen molar-refractivity contribution in [3.05, 3.63) is 87.8 Å². The van der Waals surface area contributed by atoms with Crippen molar-refractivity contribution < 1.29 is 8.91 Å². The fourth-order valence-corrected chi connectivity index (χ4v) is 4.39. The first-order chi connectivity index (χ1) is 14.6. The number of benzene rings is 2. The molecule has 3 aromatic heterocycles. The van der Waals surface area contributed by atoms with E-state index in [4.69, 9.17) is 4.52 Å². The molecule has 5 rings (SSSR count). The summed E-state index contributed by atoms with van der Waals surface area (Å²) in [5, 5.41) is 4.54. The lowest BCUT2D eigenvalue weighted by Crippen LogP contribution is -2.21. The van der Waals surface area contributed by atoms with Crippen molar-refractivity contribution in [2.45, 2.75) is 13.5 Å². The van der Waals surface area contributed by atoms with Crippen molar-refractivity contribution >= 4 is 21.6 Å². The monoisotopic (exact) mass is 418 g/mol. The lowest BCUT2D eigenvalue weighted by Gasteiger charge is -2.04. The zero-order valence-corrected chi connectivity index (χ0v) is 16.7. The van der Waals surface area contributed by atoms with Crippen LogP contribution in [0.25, 0.3) is 32.8 Å². The molecule has 148 valence electrons. The number of thiophene rings is 1. The first kappa shape index (κ1) is 18.4. The molecule has 0 radical (unpaired) electrons. The van der Waals surface area contributed by atoms with E-state index in [0.29, 0.717) is 21.6 Å². The van der Waals surface area contributed by atoms with Gasteiger partial charge in [0, 0.05) is 16.0 Å². The fourth-order valence-electron chi connectivity index (χ4n) is 3.38. The maximum absolute atomic E-state index is 13.3. The topological polar surface area (TPSA) is 73.8 Å². The average Bonchev–Trinajstić information content (AvgIpc) is 3.35. The summed E-state index contributed by atoms with van der Waals surface area (Å²) in [6, 6.07) is 15.6. The van der Waals surface area contributed by atoms with Gasteiger partial charge in [-0.1, -0.05) is 35.5 Å². The molecule has 0 N–H and O–H groups in total. The van der Waals surface area contributed by atoms with Crippen molar-refractivity contribution in [1.29, 1.82) is 0 Å². The van der Waals surface area contributed by atoms with Crippen LogP contribution >= 0.6 is 11.3 Å². The molecular weight excluding hydrogens is 403 g/mol. The minimum absolute atomic E-state index is 0.121. The molecule has 3 heterocycles. The third kappa shape index (κ3) is 3.21. The molecule has 0 aliphatic carbocycles. The number of rotatable bonds is 4. The van der Waals surface area contributed by atoms with Crippen LogP contribution in [0.4, 0.5) is 4.39 Å². The summed E-state index contributed by atoms with van der Waals surface area (Å²) >= 11 is 1.50. The second-order valence-electron chi connectivity index (χ2n) is 6.78. The van der Waals surface area contributed by atoms with Crippen molar-refractivity contribution in [2.75, 3.05) is 0 Å². The quantitative estimate of drug-likeness (QED) is 0.424. The zero-order chi connectivity index (χ0) is 20.7. The van der Waals surface area contributed by atoms with Crippen LogP contribution in [0, 0.1) is 12.7 Å². The summed E-state index contributed by atoms with van der Waals surface area (Å²) in [5.41, 5.74) is 2.34. The Balaban J connectivity index is 1.54. The fraction of sp³-hybridized carbons (Fsp3) is 0.0909. The summed E-state index contributed by atoms with van der Waals surface area (Å²) in [6.45, 7) is 2.11. The van der Waals surface area contributed by atoms with E-state index >= 15 is 0 Å². The summed E-state index contributed by atoms with van der Waals surface area (Å²) in [5.74, 6) is 0.263. The normalized spacial score (nSPS) is 11.3. The van der Waals surface area contributed by atoms with E-state index in [9.17, 15) is 9.18 Å². The van der Waals surface area contributed by atoms with E-state index in [1.807, 2.05) is 37.3 Å². The van der Waals surface area contributed by atoms with Crippen molar-refractivity contribution in [2.24, 2.45) is 0 Å². The van der Waals surface area contributed by atoms with Gasteiger partial charge in [0.2, 0.25) is 0 Å². The van der Waals surface area contributed by atoms with Crippen LogP contribution < -0.4 is 5.56 Å². The molecular formula is C22H15FN4O2S. The Morgan fingerprint density at radius 1 is 1.07 bits per heavy atom. The third-order valence-electron chi connectivity index (χ3n) is 4.79. The molecule has 5 aromatic rings. The third-order valence-corrected chi connectivity index (χ3v) is 5.80. The maximum atomic E-state index is 13.3. The van der Waals surface area contributed by atoms with E-state index in [1.165, 1.54) is 34.4 Å². The van der Waals surface area contributed by atoms with Gasteiger partial charge in [-0.3, -0.25) is 9.36 Å². The summed E-state index contributed by atoms with van der Waals surface area (Å²) in [6.07, 6.45) is 1.50. The van der Waals surface area contributed by atoms with Crippen molar-refractivity contribution in [1.82, 2.24) is 19.7 Å². The van der Waals surface area contributed by atoms with E-state index in [0.717, 1.165) is 16.0 Å². The molecule has 0 amide bonds. The predicted octanol–water partition coefficient (Wildman–Crippen LogP) is 4.67. The predicted molar refractivity (Wildman–Crippen MR) is 113 cm³/mol. The molecule has 0 atom stereocenters. The molecule has 6 nitrogen and oxygen atoms in total. The number of fused-ring (bicyclic) bond motifs is 1. The smallest absolute Gasteiger partial charge is 0.263 e. The summed E-state index contributed by atoms with van der Waals surface area (Å²) < 4.78 is 19.9. The minimum Gasteiger partial charge on any atom is -0.334 e. The van der Waals surface area contributed by atoms with E-state index < -0.39 is 0 Å². The van der Waals surface area contributed by atoms with Crippen molar-refractivity contribution in [3.63, 3.8) is 0 Å².